The van der Waals surface area contributed by atoms with Crippen LogP contribution in [0.4, 0.5) is 9.52 Å². The van der Waals surface area contributed by atoms with E-state index in [1.165, 1.54) is 30.2 Å². The van der Waals surface area contributed by atoms with Crippen LogP contribution >= 0.6 is 11.3 Å². The van der Waals surface area contributed by atoms with E-state index in [1.807, 2.05) is 0 Å². The third kappa shape index (κ3) is 3.50. The summed E-state index contributed by atoms with van der Waals surface area (Å²) >= 11 is 1.10. The van der Waals surface area contributed by atoms with E-state index < -0.39 is 34.9 Å². The number of aromatic nitrogens is 1. The highest BCUT2D eigenvalue weighted by atomic mass is 32.1. The lowest BCUT2D eigenvalue weighted by molar-refractivity contribution is -0.141. The van der Waals surface area contributed by atoms with E-state index in [2.05, 4.69) is 4.98 Å². The molecule has 31 heavy (non-hydrogen) atoms. The van der Waals surface area contributed by atoms with Gasteiger partial charge in [0.15, 0.2) is 10.9 Å². The van der Waals surface area contributed by atoms with E-state index in [1.54, 1.807) is 45.0 Å². The maximum atomic E-state index is 13.7. The molecular formula is C23H21FN2O4S. The van der Waals surface area contributed by atoms with Crippen LogP contribution in [0.5, 0.6) is 5.75 Å². The van der Waals surface area contributed by atoms with E-state index in [0.29, 0.717) is 21.5 Å². The van der Waals surface area contributed by atoms with Gasteiger partial charge in [0.2, 0.25) is 5.78 Å². The quantitative estimate of drug-likeness (QED) is 0.446. The van der Waals surface area contributed by atoms with Crippen LogP contribution in [-0.4, -0.2) is 29.6 Å². The predicted octanol–water partition coefficient (Wildman–Crippen LogP) is 4.33. The number of hydrogen-bond donors (Lipinski definition) is 0. The summed E-state index contributed by atoms with van der Waals surface area (Å²) in [6.07, 6.45) is 0. The molecule has 160 valence electrons. The fourth-order valence-corrected chi connectivity index (χ4v) is 4.85. The Morgan fingerprint density at radius 1 is 1.16 bits per heavy atom. The van der Waals surface area contributed by atoms with Crippen molar-refractivity contribution in [2.75, 3.05) is 12.0 Å². The molecule has 0 N–H and O–H groups in total. The maximum Gasteiger partial charge on any atom is 0.297 e. The number of amides is 1. The molecule has 3 aromatic rings. The Balaban J connectivity index is 1.94. The van der Waals surface area contributed by atoms with Gasteiger partial charge >= 0.3 is 0 Å². The van der Waals surface area contributed by atoms with Crippen LogP contribution in [0.2, 0.25) is 0 Å². The van der Waals surface area contributed by atoms with Crippen molar-refractivity contribution in [2.24, 2.45) is 11.3 Å². The number of para-hydroxylation sites is 1. The predicted molar refractivity (Wildman–Crippen MR) is 116 cm³/mol. The minimum Gasteiger partial charge on any atom is -0.496 e. The summed E-state index contributed by atoms with van der Waals surface area (Å²) in [5.74, 6) is -3.09. The molecule has 0 bridgehead atoms. The fraction of sp³-hybridized carbons (Fsp3) is 0.304. The topological polar surface area (TPSA) is 76.6 Å². The van der Waals surface area contributed by atoms with E-state index >= 15 is 0 Å². The molecule has 1 aliphatic rings. The molecule has 4 rings (SSSR count). The smallest absolute Gasteiger partial charge is 0.297 e. The minimum absolute atomic E-state index is 0.235. The lowest BCUT2D eigenvalue weighted by Crippen LogP contribution is -2.36. The van der Waals surface area contributed by atoms with Gasteiger partial charge in [0.25, 0.3) is 5.91 Å². The Morgan fingerprint density at radius 2 is 1.87 bits per heavy atom. The van der Waals surface area contributed by atoms with Crippen LogP contribution in [0.3, 0.4) is 0 Å². The molecule has 1 aromatic heterocycles. The summed E-state index contributed by atoms with van der Waals surface area (Å²) in [4.78, 5) is 45.3. The average Bonchev–Trinajstić information content (AvgIpc) is 3.24. The second-order valence-corrected chi connectivity index (χ2v) is 9.44. The second kappa shape index (κ2) is 7.53. The average molecular weight is 440 g/mol. The Hall–Kier alpha value is -3.13. The molecule has 2 heterocycles. The lowest BCUT2D eigenvalue weighted by atomic mass is 9.77. The van der Waals surface area contributed by atoms with Crippen molar-refractivity contribution in [2.45, 2.75) is 26.8 Å². The minimum atomic E-state index is -1.20. The van der Waals surface area contributed by atoms with Crippen molar-refractivity contribution in [3.8, 4) is 5.75 Å². The number of methoxy groups -OCH3 is 1. The van der Waals surface area contributed by atoms with Crippen LogP contribution in [0, 0.1) is 17.2 Å². The molecule has 1 saturated heterocycles. The maximum absolute atomic E-state index is 13.7. The Bertz CT molecular complexity index is 1210. The van der Waals surface area contributed by atoms with Crippen molar-refractivity contribution >= 4 is 44.2 Å². The van der Waals surface area contributed by atoms with E-state index in [0.717, 1.165) is 11.3 Å². The normalized spacial score (nSPS) is 19.3. The number of anilines is 1. The molecule has 2 unspecified atom stereocenters. The van der Waals surface area contributed by atoms with E-state index in [9.17, 15) is 18.8 Å². The first-order chi connectivity index (χ1) is 14.6. The van der Waals surface area contributed by atoms with Gasteiger partial charge in [0, 0.05) is 11.0 Å². The zero-order chi connectivity index (χ0) is 22.5. The van der Waals surface area contributed by atoms with Gasteiger partial charge in [0.1, 0.15) is 17.5 Å². The van der Waals surface area contributed by atoms with E-state index in [-0.39, 0.29) is 10.9 Å². The zero-order valence-corrected chi connectivity index (χ0v) is 18.3. The number of rotatable bonds is 4. The molecule has 8 heteroatoms. The highest BCUT2D eigenvalue weighted by molar-refractivity contribution is 7.22. The summed E-state index contributed by atoms with van der Waals surface area (Å²) in [6, 6.07) is 10.2. The summed E-state index contributed by atoms with van der Waals surface area (Å²) < 4.78 is 19.7. The lowest BCUT2D eigenvalue weighted by Gasteiger charge is -2.29. The molecular weight excluding hydrogens is 419 g/mol. The van der Waals surface area contributed by atoms with Crippen LogP contribution in [0.25, 0.3) is 10.2 Å². The summed E-state index contributed by atoms with van der Waals surface area (Å²) in [5, 5.41) is 0.235. The van der Waals surface area contributed by atoms with Gasteiger partial charge < -0.3 is 4.74 Å². The highest BCUT2D eigenvalue weighted by Crippen LogP contribution is 2.46. The fourth-order valence-electron chi connectivity index (χ4n) is 3.82. The number of thiazole rings is 1. The SMILES string of the molecule is COc1ccccc1C1C(C(=O)C(C)(C)C)C(=O)C(=O)N1c1nc2ccc(F)cc2s1. The first-order valence-corrected chi connectivity index (χ1v) is 10.6. The number of Topliss-reactive ketones (excluding diaryl/α,β-unsaturated/α-hetero) is 2. The number of ether oxygens (including phenoxy) is 1. The van der Waals surface area contributed by atoms with Crippen molar-refractivity contribution in [3.05, 3.63) is 53.8 Å². The van der Waals surface area contributed by atoms with Gasteiger partial charge in [-0.2, -0.15) is 0 Å². The zero-order valence-electron chi connectivity index (χ0n) is 17.5. The number of carbonyl (C=O) groups is 3. The van der Waals surface area contributed by atoms with Gasteiger partial charge in [-0.25, -0.2) is 9.37 Å². The third-order valence-electron chi connectivity index (χ3n) is 5.33. The van der Waals surface area contributed by atoms with Gasteiger partial charge in [-0.3, -0.25) is 19.3 Å². The molecule has 1 fully saturated rings. The standard InChI is InChI=1S/C23H21FN2O4S/c1-23(2,3)20(28)17-18(13-7-5-6-8-15(13)30-4)26(21(29)19(17)27)22-25-14-10-9-12(24)11-16(14)31-22/h5-11,17-18H,1-4H3. The number of fused-ring (bicyclic) bond motifs is 1. The van der Waals surface area contributed by atoms with Crippen LogP contribution in [0.1, 0.15) is 32.4 Å². The van der Waals surface area contributed by atoms with Crippen LogP contribution in [-0.2, 0) is 14.4 Å². The van der Waals surface area contributed by atoms with Crippen molar-refractivity contribution in [1.82, 2.24) is 4.98 Å². The number of halogens is 1. The van der Waals surface area contributed by atoms with Gasteiger partial charge in [-0.05, 0) is 24.3 Å². The highest BCUT2D eigenvalue weighted by Gasteiger charge is 2.55. The first-order valence-electron chi connectivity index (χ1n) is 9.74. The van der Waals surface area contributed by atoms with Gasteiger partial charge in [0.05, 0.1) is 23.4 Å². The Kier molecular flexibility index (Phi) is 5.13. The van der Waals surface area contributed by atoms with Crippen molar-refractivity contribution in [1.29, 1.82) is 0 Å². The molecule has 0 saturated carbocycles. The Morgan fingerprint density at radius 3 is 2.55 bits per heavy atom. The van der Waals surface area contributed by atoms with E-state index in [4.69, 9.17) is 4.74 Å². The largest absolute Gasteiger partial charge is 0.496 e. The Labute approximate surface area is 182 Å². The molecule has 2 aromatic carbocycles. The number of benzene rings is 2. The summed E-state index contributed by atoms with van der Waals surface area (Å²) in [5.41, 5.74) is 0.205. The molecule has 0 spiro atoms. The molecule has 1 aliphatic heterocycles. The second-order valence-electron chi connectivity index (χ2n) is 8.43. The molecule has 1 amide bonds. The van der Waals surface area contributed by atoms with Crippen LogP contribution in [0.15, 0.2) is 42.5 Å². The summed E-state index contributed by atoms with van der Waals surface area (Å²) in [7, 11) is 1.49. The number of carbonyl (C=O) groups excluding carboxylic acids is 3. The van der Waals surface area contributed by atoms with Gasteiger partial charge in [-0.15, -0.1) is 0 Å². The number of nitrogens with zero attached hydrogens (tertiary/aromatic N) is 2. The molecule has 0 radical (unpaired) electrons. The molecule has 6 nitrogen and oxygen atoms in total. The number of ketones is 2. The summed E-state index contributed by atoms with van der Waals surface area (Å²) in [6.45, 7) is 5.15. The number of hydrogen-bond acceptors (Lipinski definition) is 6. The first kappa shape index (κ1) is 21.1. The van der Waals surface area contributed by atoms with Crippen molar-refractivity contribution in [3.63, 3.8) is 0 Å². The van der Waals surface area contributed by atoms with Gasteiger partial charge in [-0.1, -0.05) is 50.3 Å². The van der Waals surface area contributed by atoms with Crippen molar-refractivity contribution < 1.29 is 23.5 Å². The monoisotopic (exact) mass is 440 g/mol. The molecule has 2 atom stereocenters. The molecule has 0 aliphatic carbocycles. The van der Waals surface area contributed by atoms with Crippen LogP contribution < -0.4 is 9.64 Å². The third-order valence-corrected chi connectivity index (χ3v) is 6.35.